The molecule has 24 heavy (non-hydrogen) atoms. The minimum atomic E-state index is -4.59. The summed E-state index contributed by atoms with van der Waals surface area (Å²) in [6.07, 6.45) is -2.68. The SMILES string of the molecule is FC(F)(F)c1nnc2ccc(N3CCCC3c3ccccc3)nn12. The lowest BCUT2D eigenvalue weighted by Crippen LogP contribution is -2.24. The summed E-state index contributed by atoms with van der Waals surface area (Å²) in [5.74, 6) is -0.603. The topological polar surface area (TPSA) is 46.3 Å². The number of fused-ring (bicyclic) bond motifs is 1. The zero-order valence-electron chi connectivity index (χ0n) is 12.6. The van der Waals surface area contributed by atoms with Crippen LogP contribution in [0.1, 0.15) is 30.3 Å². The van der Waals surface area contributed by atoms with Gasteiger partial charge in [-0.05, 0) is 30.5 Å². The van der Waals surface area contributed by atoms with Crippen LogP contribution in [0, 0.1) is 0 Å². The summed E-state index contributed by atoms with van der Waals surface area (Å²) < 4.78 is 39.8. The highest BCUT2D eigenvalue weighted by atomic mass is 19.4. The molecule has 3 aromatic rings. The Balaban J connectivity index is 1.76. The average Bonchev–Trinajstić information content (AvgIpc) is 3.21. The van der Waals surface area contributed by atoms with Gasteiger partial charge in [0.15, 0.2) is 5.65 Å². The van der Waals surface area contributed by atoms with Crippen LogP contribution in [0.4, 0.5) is 19.0 Å². The number of hydrogen-bond donors (Lipinski definition) is 0. The lowest BCUT2D eigenvalue weighted by Gasteiger charge is -2.26. The van der Waals surface area contributed by atoms with Crippen molar-refractivity contribution in [2.24, 2.45) is 0 Å². The van der Waals surface area contributed by atoms with Crippen LogP contribution < -0.4 is 4.90 Å². The van der Waals surface area contributed by atoms with E-state index < -0.39 is 12.0 Å². The smallest absolute Gasteiger partial charge is 0.348 e. The van der Waals surface area contributed by atoms with Gasteiger partial charge in [0, 0.05) is 6.54 Å². The van der Waals surface area contributed by atoms with Crippen LogP contribution in [0.5, 0.6) is 0 Å². The third-order valence-electron chi connectivity index (χ3n) is 4.23. The molecule has 0 N–H and O–H groups in total. The quantitative estimate of drug-likeness (QED) is 0.720. The van der Waals surface area contributed by atoms with Gasteiger partial charge in [0.05, 0.1) is 6.04 Å². The van der Waals surface area contributed by atoms with Crippen molar-refractivity contribution < 1.29 is 13.2 Å². The highest BCUT2D eigenvalue weighted by molar-refractivity contribution is 5.48. The Kier molecular flexibility index (Phi) is 3.40. The van der Waals surface area contributed by atoms with Gasteiger partial charge in [0.25, 0.3) is 5.82 Å². The number of benzene rings is 1. The molecule has 4 rings (SSSR count). The molecule has 1 aromatic carbocycles. The molecule has 2 aromatic heterocycles. The van der Waals surface area contributed by atoms with Crippen molar-refractivity contribution >= 4 is 11.5 Å². The Morgan fingerprint density at radius 3 is 2.54 bits per heavy atom. The Labute approximate surface area is 135 Å². The maximum atomic E-state index is 13.0. The highest BCUT2D eigenvalue weighted by Crippen LogP contribution is 2.35. The summed E-state index contributed by atoms with van der Waals surface area (Å²) in [7, 11) is 0. The third kappa shape index (κ3) is 2.47. The molecule has 1 fully saturated rings. The fraction of sp³-hybridized carbons (Fsp3) is 0.312. The Morgan fingerprint density at radius 1 is 1.00 bits per heavy atom. The molecule has 1 saturated heterocycles. The first-order valence-corrected chi connectivity index (χ1v) is 7.65. The summed E-state index contributed by atoms with van der Waals surface area (Å²) in [5, 5.41) is 10.9. The van der Waals surface area contributed by atoms with Gasteiger partial charge in [-0.25, -0.2) is 0 Å². The molecule has 5 nitrogen and oxygen atoms in total. The van der Waals surface area contributed by atoms with Crippen LogP contribution in [0.25, 0.3) is 5.65 Å². The van der Waals surface area contributed by atoms with Gasteiger partial charge in [-0.1, -0.05) is 30.3 Å². The highest BCUT2D eigenvalue weighted by Gasteiger charge is 2.38. The molecule has 0 bridgehead atoms. The van der Waals surface area contributed by atoms with Gasteiger partial charge in [-0.3, -0.25) is 0 Å². The third-order valence-corrected chi connectivity index (χ3v) is 4.23. The molecule has 1 unspecified atom stereocenters. The van der Waals surface area contributed by atoms with Crippen LogP contribution in [-0.4, -0.2) is 26.4 Å². The largest absolute Gasteiger partial charge is 0.453 e. The van der Waals surface area contributed by atoms with E-state index in [0.717, 1.165) is 29.5 Å². The van der Waals surface area contributed by atoms with E-state index in [1.54, 1.807) is 6.07 Å². The number of aromatic nitrogens is 4. The van der Waals surface area contributed by atoms with E-state index in [-0.39, 0.29) is 11.7 Å². The second-order valence-electron chi connectivity index (χ2n) is 5.75. The molecule has 124 valence electrons. The molecule has 0 amide bonds. The zero-order chi connectivity index (χ0) is 16.7. The van der Waals surface area contributed by atoms with Gasteiger partial charge in [0.2, 0.25) is 0 Å². The first-order valence-electron chi connectivity index (χ1n) is 7.65. The van der Waals surface area contributed by atoms with Gasteiger partial charge in [-0.2, -0.15) is 17.7 Å². The maximum Gasteiger partial charge on any atom is 0.453 e. The fourth-order valence-electron chi connectivity index (χ4n) is 3.17. The average molecular weight is 333 g/mol. The van der Waals surface area contributed by atoms with E-state index in [2.05, 4.69) is 15.3 Å². The van der Waals surface area contributed by atoms with Gasteiger partial charge in [-0.15, -0.1) is 15.3 Å². The fourth-order valence-corrected chi connectivity index (χ4v) is 3.17. The number of anilines is 1. The van der Waals surface area contributed by atoms with Gasteiger partial charge < -0.3 is 4.90 Å². The lowest BCUT2D eigenvalue weighted by atomic mass is 10.0. The molecule has 8 heteroatoms. The number of rotatable bonds is 2. The molecule has 0 spiro atoms. The van der Waals surface area contributed by atoms with Gasteiger partial charge >= 0.3 is 6.18 Å². The maximum absolute atomic E-state index is 13.0. The minimum absolute atomic E-state index is 0.0848. The van der Waals surface area contributed by atoms with E-state index in [9.17, 15) is 13.2 Å². The van der Waals surface area contributed by atoms with Crippen molar-refractivity contribution in [3.63, 3.8) is 0 Å². The number of nitrogens with zero attached hydrogens (tertiary/aromatic N) is 5. The predicted molar refractivity (Wildman–Crippen MR) is 81.5 cm³/mol. The zero-order valence-corrected chi connectivity index (χ0v) is 12.6. The number of hydrogen-bond acceptors (Lipinski definition) is 4. The summed E-state index contributed by atoms with van der Waals surface area (Å²) in [6.45, 7) is 0.752. The number of halogens is 3. The normalized spacial score (nSPS) is 18.5. The molecular weight excluding hydrogens is 319 g/mol. The summed E-state index contributed by atoms with van der Waals surface area (Å²) in [6, 6.07) is 13.3. The van der Waals surface area contributed by atoms with E-state index >= 15 is 0 Å². The van der Waals surface area contributed by atoms with Crippen LogP contribution in [0.3, 0.4) is 0 Å². The van der Waals surface area contributed by atoms with E-state index in [1.165, 1.54) is 6.07 Å². The lowest BCUT2D eigenvalue weighted by molar-refractivity contribution is -0.146. The van der Waals surface area contributed by atoms with Crippen molar-refractivity contribution in [1.29, 1.82) is 0 Å². The molecule has 0 saturated carbocycles. The Morgan fingerprint density at radius 2 is 1.79 bits per heavy atom. The Hall–Kier alpha value is -2.64. The van der Waals surface area contributed by atoms with Crippen molar-refractivity contribution in [2.45, 2.75) is 25.1 Å². The Bertz CT molecular complexity index is 859. The van der Waals surface area contributed by atoms with Crippen LogP contribution in [0.15, 0.2) is 42.5 Å². The monoisotopic (exact) mass is 333 g/mol. The van der Waals surface area contributed by atoms with Crippen LogP contribution in [-0.2, 0) is 6.18 Å². The second kappa shape index (κ2) is 5.47. The van der Waals surface area contributed by atoms with Crippen molar-refractivity contribution in [1.82, 2.24) is 19.8 Å². The molecule has 3 heterocycles. The summed E-state index contributed by atoms with van der Waals surface area (Å²) in [5.41, 5.74) is 1.22. The molecule has 1 aliphatic heterocycles. The molecule has 1 atom stereocenters. The molecular formula is C16H14F3N5. The minimum Gasteiger partial charge on any atom is -0.348 e. The van der Waals surface area contributed by atoms with E-state index in [4.69, 9.17) is 0 Å². The van der Waals surface area contributed by atoms with Crippen molar-refractivity contribution in [2.75, 3.05) is 11.4 Å². The van der Waals surface area contributed by atoms with Crippen molar-refractivity contribution in [3.05, 3.63) is 53.9 Å². The van der Waals surface area contributed by atoms with E-state index in [0.29, 0.717) is 5.82 Å². The van der Waals surface area contributed by atoms with Crippen LogP contribution in [0.2, 0.25) is 0 Å². The molecule has 1 aliphatic rings. The van der Waals surface area contributed by atoms with Gasteiger partial charge in [0.1, 0.15) is 5.82 Å². The first-order chi connectivity index (χ1) is 11.5. The van der Waals surface area contributed by atoms with Crippen LogP contribution >= 0.6 is 0 Å². The molecule has 0 radical (unpaired) electrons. The first kappa shape index (κ1) is 14.9. The van der Waals surface area contributed by atoms with Crippen molar-refractivity contribution in [3.8, 4) is 0 Å². The van der Waals surface area contributed by atoms with E-state index in [1.807, 2.05) is 35.2 Å². The predicted octanol–water partition coefficient (Wildman–Crippen LogP) is 3.48. The molecule has 0 aliphatic carbocycles. The number of alkyl halides is 3. The second-order valence-corrected chi connectivity index (χ2v) is 5.75. The summed E-state index contributed by atoms with van der Waals surface area (Å²) >= 11 is 0. The standard InChI is InChI=1S/C16H14F3N5/c17-16(18,19)15-21-20-13-8-9-14(22-24(13)15)23-10-4-7-12(23)11-5-2-1-3-6-11/h1-3,5-6,8-9,12H,4,7,10H2. The summed E-state index contributed by atoms with van der Waals surface area (Å²) in [4.78, 5) is 2.04.